The normalized spacial score (nSPS) is 14.3. The van der Waals surface area contributed by atoms with Gasteiger partial charge >= 0.3 is 6.18 Å². The number of nitrogens with zero attached hydrogens (tertiary/aromatic N) is 4. The van der Waals surface area contributed by atoms with E-state index in [-0.39, 0.29) is 18.3 Å². The maximum Gasteiger partial charge on any atom is 0.416 e. The minimum atomic E-state index is -4.46. The molecular weight excluding hydrogens is 433 g/mol. The number of halogens is 3. The van der Waals surface area contributed by atoms with Crippen molar-refractivity contribution in [3.63, 3.8) is 0 Å². The third-order valence-corrected chi connectivity index (χ3v) is 5.48. The van der Waals surface area contributed by atoms with Gasteiger partial charge in [-0.25, -0.2) is 0 Å². The first-order valence-corrected chi connectivity index (χ1v) is 10.5. The van der Waals surface area contributed by atoms with Crippen LogP contribution in [-0.2, 0) is 11.0 Å². The van der Waals surface area contributed by atoms with Crippen LogP contribution in [0.5, 0.6) is 5.75 Å². The lowest BCUT2D eigenvalue weighted by Crippen LogP contribution is -2.50. The van der Waals surface area contributed by atoms with Crippen LogP contribution in [0.1, 0.15) is 11.1 Å². The molecular formula is C24H23F3N4O2. The number of hydrogen-bond acceptors (Lipinski definition) is 5. The van der Waals surface area contributed by atoms with Gasteiger partial charge < -0.3 is 14.5 Å². The van der Waals surface area contributed by atoms with E-state index in [1.165, 1.54) is 17.7 Å². The summed E-state index contributed by atoms with van der Waals surface area (Å²) in [5, 5.41) is 8.65. The van der Waals surface area contributed by atoms with E-state index < -0.39 is 11.7 Å². The van der Waals surface area contributed by atoms with E-state index in [0.29, 0.717) is 26.2 Å². The van der Waals surface area contributed by atoms with E-state index in [0.717, 1.165) is 29.2 Å². The van der Waals surface area contributed by atoms with Crippen LogP contribution in [0.3, 0.4) is 0 Å². The summed E-state index contributed by atoms with van der Waals surface area (Å²) < 4.78 is 43.7. The zero-order valence-corrected chi connectivity index (χ0v) is 18.0. The molecule has 0 atom stereocenters. The third kappa shape index (κ3) is 5.60. The number of hydrogen-bond donors (Lipinski definition) is 0. The van der Waals surface area contributed by atoms with Crippen LogP contribution in [0.15, 0.2) is 60.7 Å². The molecule has 1 aliphatic heterocycles. The molecule has 0 aliphatic carbocycles. The van der Waals surface area contributed by atoms with Crippen molar-refractivity contribution in [2.75, 3.05) is 37.7 Å². The molecule has 0 saturated carbocycles. The summed E-state index contributed by atoms with van der Waals surface area (Å²) in [7, 11) is 0. The molecule has 2 heterocycles. The molecule has 172 valence electrons. The van der Waals surface area contributed by atoms with Gasteiger partial charge in [0.1, 0.15) is 5.75 Å². The van der Waals surface area contributed by atoms with E-state index in [1.807, 2.05) is 48.2 Å². The Balaban J connectivity index is 1.29. The fourth-order valence-electron chi connectivity index (χ4n) is 3.56. The van der Waals surface area contributed by atoms with E-state index in [2.05, 4.69) is 10.2 Å². The highest BCUT2D eigenvalue weighted by Crippen LogP contribution is 2.31. The lowest BCUT2D eigenvalue weighted by Gasteiger charge is -2.35. The molecule has 1 fully saturated rings. The number of piperazine rings is 1. The van der Waals surface area contributed by atoms with E-state index in [9.17, 15) is 18.0 Å². The predicted octanol–water partition coefficient (Wildman–Crippen LogP) is 4.20. The number of aryl methyl sites for hydroxylation is 1. The standard InChI is InChI=1S/C24H23F3N4O2/c1-17-5-7-18(8-6-17)21-9-10-22(29-28-21)30-11-13-31(14-12-30)23(32)16-33-20-4-2-3-19(15-20)24(25,26)27/h2-10,15H,11-14,16H2,1H3. The summed E-state index contributed by atoms with van der Waals surface area (Å²) in [6, 6.07) is 16.4. The van der Waals surface area contributed by atoms with Gasteiger partial charge in [0.05, 0.1) is 11.3 Å². The first kappa shape index (κ1) is 22.6. The lowest BCUT2D eigenvalue weighted by molar-refractivity contribution is -0.137. The molecule has 0 unspecified atom stereocenters. The number of carbonyl (C=O) groups is 1. The fourth-order valence-corrected chi connectivity index (χ4v) is 3.56. The molecule has 3 aromatic rings. The molecule has 0 bridgehead atoms. The minimum absolute atomic E-state index is 0.0146. The summed E-state index contributed by atoms with van der Waals surface area (Å²) in [5.41, 5.74) is 2.15. The highest BCUT2D eigenvalue weighted by molar-refractivity contribution is 5.78. The second-order valence-corrected chi connectivity index (χ2v) is 7.82. The molecule has 0 N–H and O–H groups in total. The fraction of sp³-hybridized carbons (Fsp3) is 0.292. The first-order valence-electron chi connectivity index (χ1n) is 10.5. The molecule has 6 nitrogen and oxygen atoms in total. The Kier molecular flexibility index (Phi) is 6.48. The summed E-state index contributed by atoms with van der Waals surface area (Å²) in [6.45, 7) is 3.80. The second-order valence-electron chi connectivity index (χ2n) is 7.82. The van der Waals surface area contributed by atoms with Crippen LogP contribution in [0.25, 0.3) is 11.3 Å². The van der Waals surface area contributed by atoms with Gasteiger partial charge in [-0.2, -0.15) is 13.2 Å². The SMILES string of the molecule is Cc1ccc(-c2ccc(N3CCN(C(=O)COc4cccc(C(F)(F)F)c4)CC3)nn2)cc1. The van der Waals surface area contributed by atoms with Gasteiger partial charge in [0, 0.05) is 31.7 Å². The van der Waals surface area contributed by atoms with Gasteiger partial charge in [-0.05, 0) is 37.3 Å². The Morgan fingerprint density at radius 1 is 0.970 bits per heavy atom. The van der Waals surface area contributed by atoms with Gasteiger partial charge in [0.2, 0.25) is 0 Å². The third-order valence-electron chi connectivity index (χ3n) is 5.48. The summed E-state index contributed by atoms with van der Waals surface area (Å²) in [6.07, 6.45) is -4.46. The number of aromatic nitrogens is 2. The van der Waals surface area contributed by atoms with Crippen LogP contribution in [-0.4, -0.2) is 53.8 Å². The van der Waals surface area contributed by atoms with Crippen molar-refractivity contribution >= 4 is 11.7 Å². The number of amides is 1. The molecule has 1 amide bonds. The molecule has 0 radical (unpaired) electrons. The van der Waals surface area contributed by atoms with Crippen LogP contribution in [0, 0.1) is 6.92 Å². The first-order chi connectivity index (χ1) is 15.8. The number of carbonyl (C=O) groups excluding carboxylic acids is 1. The van der Waals surface area contributed by atoms with Crippen molar-refractivity contribution in [2.45, 2.75) is 13.1 Å². The van der Waals surface area contributed by atoms with E-state index in [1.54, 1.807) is 4.90 Å². The zero-order valence-electron chi connectivity index (χ0n) is 18.0. The Hall–Kier alpha value is -3.62. The van der Waals surface area contributed by atoms with Crippen LogP contribution < -0.4 is 9.64 Å². The number of alkyl halides is 3. The van der Waals surface area contributed by atoms with E-state index in [4.69, 9.17) is 4.74 Å². The minimum Gasteiger partial charge on any atom is -0.484 e. The second kappa shape index (κ2) is 9.48. The van der Waals surface area contributed by atoms with E-state index >= 15 is 0 Å². The molecule has 9 heteroatoms. The van der Waals surface area contributed by atoms with Crippen molar-refractivity contribution in [1.29, 1.82) is 0 Å². The number of benzene rings is 2. The van der Waals surface area contributed by atoms with Crippen molar-refractivity contribution in [2.24, 2.45) is 0 Å². The topological polar surface area (TPSA) is 58.6 Å². The average Bonchev–Trinajstić information content (AvgIpc) is 2.83. The number of anilines is 1. The number of ether oxygens (including phenoxy) is 1. The maximum absolute atomic E-state index is 12.8. The molecule has 1 aromatic heterocycles. The highest BCUT2D eigenvalue weighted by Gasteiger charge is 2.30. The van der Waals surface area contributed by atoms with Crippen LogP contribution >= 0.6 is 0 Å². The van der Waals surface area contributed by atoms with Crippen LogP contribution in [0.4, 0.5) is 19.0 Å². The molecule has 1 aliphatic rings. The number of rotatable bonds is 5. The summed E-state index contributed by atoms with van der Waals surface area (Å²) in [5.74, 6) is 0.479. The molecule has 2 aromatic carbocycles. The predicted molar refractivity (Wildman–Crippen MR) is 118 cm³/mol. The van der Waals surface area contributed by atoms with Crippen molar-refractivity contribution in [3.05, 3.63) is 71.8 Å². The Morgan fingerprint density at radius 2 is 1.70 bits per heavy atom. The van der Waals surface area contributed by atoms with Crippen molar-refractivity contribution in [3.8, 4) is 17.0 Å². The van der Waals surface area contributed by atoms with Gasteiger partial charge in [0.15, 0.2) is 12.4 Å². The van der Waals surface area contributed by atoms with Gasteiger partial charge in [-0.3, -0.25) is 4.79 Å². The van der Waals surface area contributed by atoms with Crippen molar-refractivity contribution < 1.29 is 22.7 Å². The van der Waals surface area contributed by atoms with Crippen LogP contribution in [0.2, 0.25) is 0 Å². The summed E-state index contributed by atoms with van der Waals surface area (Å²) >= 11 is 0. The monoisotopic (exact) mass is 456 g/mol. The Bertz CT molecular complexity index is 1090. The van der Waals surface area contributed by atoms with Gasteiger partial charge in [-0.1, -0.05) is 35.9 Å². The Labute approximate surface area is 189 Å². The van der Waals surface area contributed by atoms with Crippen molar-refractivity contribution in [1.82, 2.24) is 15.1 Å². The molecule has 0 spiro atoms. The molecule has 1 saturated heterocycles. The lowest BCUT2D eigenvalue weighted by atomic mass is 10.1. The zero-order chi connectivity index (χ0) is 23.4. The maximum atomic E-state index is 12.8. The summed E-state index contributed by atoms with van der Waals surface area (Å²) in [4.78, 5) is 16.1. The molecule has 33 heavy (non-hydrogen) atoms. The van der Waals surface area contributed by atoms with Gasteiger partial charge in [-0.15, -0.1) is 10.2 Å². The average molecular weight is 456 g/mol. The smallest absolute Gasteiger partial charge is 0.416 e. The Morgan fingerprint density at radius 3 is 2.33 bits per heavy atom. The molecule has 4 rings (SSSR count). The quantitative estimate of drug-likeness (QED) is 0.576. The van der Waals surface area contributed by atoms with Gasteiger partial charge in [0.25, 0.3) is 5.91 Å². The highest BCUT2D eigenvalue weighted by atomic mass is 19.4. The largest absolute Gasteiger partial charge is 0.484 e.